The zero-order chi connectivity index (χ0) is 21.9. The second-order valence-electron chi connectivity index (χ2n) is 8.07. The predicted molar refractivity (Wildman–Crippen MR) is 127 cm³/mol. The van der Waals surface area contributed by atoms with Gasteiger partial charge in [0.15, 0.2) is 0 Å². The largest absolute Gasteiger partial charge is 0.488 e. The van der Waals surface area contributed by atoms with Gasteiger partial charge in [0.05, 0.1) is 29.3 Å². The van der Waals surface area contributed by atoms with Crippen molar-refractivity contribution in [3.05, 3.63) is 102 Å². The van der Waals surface area contributed by atoms with Crippen LogP contribution in [0.4, 0.5) is 0 Å². The molecule has 0 bridgehead atoms. The van der Waals surface area contributed by atoms with E-state index in [-0.39, 0.29) is 0 Å². The highest BCUT2D eigenvalue weighted by molar-refractivity contribution is 5.88. The fraction of sp³-hybridized carbons (Fsp3) is 0.148. The first-order valence-corrected chi connectivity index (χ1v) is 10.8. The Kier molecular flexibility index (Phi) is 5.38. The maximum absolute atomic E-state index is 6.32. The summed E-state index contributed by atoms with van der Waals surface area (Å²) in [5, 5.41) is 8.90. The molecule has 2 aromatic heterocycles. The monoisotopic (exact) mass is 420 g/mol. The van der Waals surface area contributed by atoms with Gasteiger partial charge >= 0.3 is 0 Å². The molecule has 0 aliphatic heterocycles. The summed E-state index contributed by atoms with van der Waals surface area (Å²) in [6, 6.07) is 26.8. The maximum atomic E-state index is 6.32. The van der Waals surface area contributed by atoms with Crippen LogP contribution >= 0.6 is 0 Å². The van der Waals surface area contributed by atoms with Crippen LogP contribution in [0.25, 0.3) is 27.8 Å². The molecule has 0 amide bonds. The summed E-state index contributed by atoms with van der Waals surface area (Å²) >= 11 is 0. The number of hydrogen-bond acceptors (Lipinski definition) is 4. The number of rotatable bonds is 6. The molecule has 32 heavy (non-hydrogen) atoms. The zero-order valence-electron chi connectivity index (χ0n) is 18.1. The number of nitrogens with zero attached hydrogens (tertiary/aromatic N) is 4. The van der Waals surface area contributed by atoms with Gasteiger partial charge in [0.25, 0.3) is 0 Å². The molecule has 158 valence electrons. The molecule has 5 heteroatoms. The lowest BCUT2D eigenvalue weighted by molar-refractivity contribution is 0.310. The standard InChI is InChI=1S/C27H24N4O/c1-19(2)22-7-3-4-8-23(22)26-17-27(24-9-5-6-10-25(24)29-26)32-18-20-11-13-21(14-12-20)31-16-15-28-30-31/h3-17,19H,18H2,1-2H3. The Bertz CT molecular complexity index is 1340. The third kappa shape index (κ3) is 3.97. The number of benzene rings is 3. The fourth-order valence-electron chi connectivity index (χ4n) is 3.89. The summed E-state index contributed by atoms with van der Waals surface area (Å²) in [5.74, 6) is 1.25. The lowest BCUT2D eigenvalue weighted by atomic mass is 9.95. The molecule has 0 saturated heterocycles. The van der Waals surface area contributed by atoms with Crippen LogP contribution in [0.5, 0.6) is 5.75 Å². The summed E-state index contributed by atoms with van der Waals surface area (Å²) in [5.41, 5.74) is 6.34. The number of fused-ring (bicyclic) bond motifs is 1. The van der Waals surface area contributed by atoms with E-state index in [9.17, 15) is 0 Å². The van der Waals surface area contributed by atoms with Gasteiger partial charge in [-0.3, -0.25) is 0 Å². The number of hydrogen-bond donors (Lipinski definition) is 0. The minimum Gasteiger partial charge on any atom is -0.488 e. The minimum absolute atomic E-state index is 0.410. The first-order chi connectivity index (χ1) is 15.7. The van der Waals surface area contributed by atoms with Crippen molar-refractivity contribution in [2.75, 3.05) is 0 Å². The van der Waals surface area contributed by atoms with E-state index in [1.165, 1.54) is 5.56 Å². The fourth-order valence-corrected chi connectivity index (χ4v) is 3.89. The topological polar surface area (TPSA) is 52.8 Å². The number of aromatic nitrogens is 4. The van der Waals surface area contributed by atoms with Crippen LogP contribution in [0.3, 0.4) is 0 Å². The molecular weight excluding hydrogens is 396 g/mol. The molecule has 0 radical (unpaired) electrons. The minimum atomic E-state index is 0.410. The number of ether oxygens (including phenoxy) is 1. The van der Waals surface area contributed by atoms with Gasteiger partial charge in [-0.15, -0.1) is 5.10 Å². The van der Waals surface area contributed by atoms with E-state index >= 15 is 0 Å². The van der Waals surface area contributed by atoms with Crippen LogP contribution in [0.1, 0.15) is 30.9 Å². The van der Waals surface area contributed by atoms with Gasteiger partial charge in [0.2, 0.25) is 0 Å². The van der Waals surface area contributed by atoms with Gasteiger partial charge in [-0.2, -0.15) is 0 Å². The van der Waals surface area contributed by atoms with E-state index in [1.54, 1.807) is 10.9 Å². The van der Waals surface area contributed by atoms with Crippen LogP contribution in [0, 0.1) is 0 Å². The summed E-state index contributed by atoms with van der Waals surface area (Å²) in [4.78, 5) is 4.95. The summed E-state index contributed by atoms with van der Waals surface area (Å²) < 4.78 is 8.06. The van der Waals surface area contributed by atoms with Crippen LogP contribution in [0.2, 0.25) is 0 Å². The molecule has 0 spiro atoms. The summed E-state index contributed by atoms with van der Waals surface area (Å²) in [6.07, 6.45) is 3.49. The van der Waals surface area contributed by atoms with E-state index in [4.69, 9.17) is 9.72 Å². The molecule has 0 unspecified atom stereocenters. The molecule has 0 aliphatic carbocycles. The average Bonchev–Trinajstić information content (AvgIpc) is 3.38. The van der Waals surface area contributed by atoms with Crippen molar-refractivity contribution in [2.24, 2.45) is 0 Å². The zero-order valence-corrected chi connectivity index (χ0v) is 18.1. The van der Waals surface area contributed by atoms with Crippen molar-refractivity contribution in [1.29, 1.82) is 0 Å². The molecule has 0 saturated carbocycles. The second kappa shape index (κ2) is 8.63. The molecule has 5 aromatic rings. The highest BCUT2D eigenvalue weighted by atomic mass is 16.5. The Morgan fingerprint density at radius 1 is 0.906 bits per heavy atom. The third-order valence-electron chi connectivity index (χ3n) is 5.55. The Labute approximate surface area is 187 Å². The van der Waals surface area contributed by atoms with E-state index in [1.807, 2.05) is 36.5 Å². The maximum Gasteiger partial charge on any atom is 0.131 e. The first kappa shape index (κ1) is 19.9. The van der Waals surface area contributed by atoms with E-state index < -0.39 is 0 Å². The number of para-hydroxylation sites is 1. The van der Waals surface area contributed by atoms with Crippen molar-refractivity contribution in [3.8, 4) is 22.7 Å². The molecule has 0 N–H and O–H groups in total. The van der Waals surface area contributed by atoms with Crippen LogP contribution in [-0.2, 0) is 6.61 Å². The van der Waals surface area contributed by atoms with Gasteiger partial charge in [0, 0.05) is 17.0 Å². The SMILES string of the molecule is CC(C)c1ccccc1-c1cc(OCc2ccc(-n3ccnn3)cc2)c2ccccc2n1. The molecule has 0 aliphatic rings. The smallest absolute Gasteiger partial charge is 0.131 e. The molecule has 5 rings (SSSR count). The van der Waals surface area contributed by atoms with Gasteiger partial charge < -0.3 is 4.74 Å². The Balaban J connectivity index is 1.47. The molecular formula is C27H24N4O. The quantitative estimate of drug-likeness (QED) is 0.329. The Hall–Kier alpha value is -3.99. The molecule has 0 fully saturated rings. The third-order valence-corrected chi connectivity index (χ3v) is 5.55. The molecule has 5 nitrogen and oxygen atoms in total. The van der Waals surface area contributed by atoms with Crippen molar-refractivity contribution in [3.63, 3.8) is 0 Å². The Morgan fingerprint density at radius 2 is 1.69 bits per heavy atom. The molecule has 0 atom stereocenters. The first-order valence-electron chi connectivity index (χ1n) is 10.8. The van der Waals surface area contributed by atoms with Crippen LogP contribution in [-0.4, -0.2) is 20.0 Å². The van der Waals surface area contributed by atoms with Gasteiger partial charge in [0.1, 0.15) is 12.4 Å². The highest BCUT2D eigenvalue weighted by Gasteiger charge is 2.13. The second-order valence-corrected chi connectivity index (χ2v) is 8.07. The van der Waals surface area contributed by atoms with E-state index in [0.29, 0.717) is 12.5 Å². The van der Waals surface area contributed by atoms with Crippen molar-refractivity contribution >= 4 is 10.9 Å². The molecule has 2 heterocycles. The van der Waals surface area contributed by atoms with Gasteiger partial charge in [-0.1, -0.05) is 67.6 Å². The normalized spacial score (nSPS) is 11.2. The van der Waals surface area contributed by atoms with Crippen LogP contribution in [0.15, 0.2) is 91.3 Å². The highest BCUT2D eigenvalue weighted by Crippen LogP contribution is 2.34. The van der Waals surface area contributed by atoms with Gasteiger partial charge in [-0.25, -0.2) is 9.67 Å². The average molecular weight is 421 g/mol. The van der Waals surface area contributed by atoms with Crippen molar-refractivity contribution < 1.29 is 4.74 Å². The summed E-state index contributed by atoms with van der Waals surface area (Å²) in [6.45, 7) is 4.89. The van der Waals surface area contributed by atoms with E-state index in [2.05, 4.69) is 72.7 Å². The predicted octanol–water partition coefficient (Wildman–Crippen LogP) is 6.18. The number of pyridine rings is 1. The van der Waals surface area contributed by atoms with Gasteiger partial charge in [-0.05, 0) is 41.3 Å². The van der Waals surface area contributed by atoms with Crippen molar-refractivity contribution in [2.45, 2.75) is 26.4 Å². The summed E-state index contributed by atoms with van der Waals surface area (Å²) in [7, 11) is 0. The Morgan fingerprint density at radius 3 is 2.47 bits per heavy atom. The van der Waals surface area contributed by atoms with E-state index in [0.717, 1.165) is 39.2 Å². The lowest BCUT2D eigenvalue weighted by Crippen LogP contribution is -2.00. The lowest BCUT2D eigenvalue weighted by Gasteiger charge is -2.15. The van der Waals surface area contributed by atoms with Crippen LogP contribution < -0.4 is 4.74 Å². The molecule has 3 aromatic carbocycles. The van der Waals surface area contributed by atoms with Crippen molar-refractivity contribution in [1.82, 2.24) is 20.0 Å².